The zero-order valence-electron chi connectivity index (χ0n) is 10.9. The molecule has 1 aromatic heterocycles. The summed E-state index contributed by atoms with van der Waals surface area (Å²) < 4.78 is 27.9. The van der Waals surface area contributed by atoms with Crippen LogP contribution in [0, 0.1) is 17.0 Å². The van der Waals surface area contributed by atoms with E-state index in [2.05, 4.69) is 4.98 Å². The van der Waals surface area contributed by atoms with Crippen LogP contribution in [0.3, 0.4) is 0 Å². The number of nitrogens with zero attached hydrogens (tertiary/aromatic N) is 2. The van der Waals surface area contributed by atoms with Crippen molar-refractivity contribution < 1.29 is 8.78 Å². The minimum absolute atomic E-state index is 0.0231. The van der Waals surface area contributed by atoms with Gasteiger partial charge in [0.2, 0.25) is 0 Å². The van der Waals surface area contributed by atoms with Crippen molar-refractivity contribution >= 4 is 11.5 Å². The van der Waals surface area contributed by atoms with E-state index in [1.165, 1.54) is 4.90 Å². The summed E-state index contributed by atoms with van der Waals surface area (Å²) in [6.45, 7) is 0.272. The van der Waals surface area contributed by atoms with Gasteiger partial charge in [-0.2, -0.15) is 0 Å². The summed E-state index contributed by atoms with van der Waals surface area (Å²) in [6.07, 6.45) is 1.62. The molecule has 104 valence electrons. The first-order valence-corrected chi connectivity index (χ1v) is 5.93. The molecule has 3 N–H and O–H groups in total. The first-order chi connectivity index (χ1) is 9.49. The standard InChI is InChI=1S/C14H14F2N4/c1-20(8-10-4-2-3-5-19-10)13-11(15)6-9(14(17)18)7-12(13)16/h2-7H,8H2,1H3,(H3,17,18). The topological polar surface area (TPSA) is 66.0 Å². The number of hydrogen-bond donors (Lipinski definition) is 2. The Balaban J connectivity index is 2.30. The number of nitrogen functional groups attached to an aromatic ring is 1. The van der Waals surface area contributed by atoms with Crippen molar-refractivity contribution in [2.24, 2.45) is 5.73 Å². The monoisotopic (exact) mass is 276 g/mol. The number of amidine groups is 1. The highest BCUT2D eigenvalue weighted by molar-refractivity contribution is 5.95. The van der Waals surface area contributed by atoms with E-state index in [9.17, 15) is 8.78 Å². The molecule has 0 fully saturated rings. The third kappa shape index (κ3) is 2.90. The van der Waals surface area contributed by atoms with Crippen LogP contribution in [0.2, 0.25) is 0 Å². The zero-order valence-corrected chi connectivity index (χ0v) is 10.9. The second kappa shape index (κ2) is 5.64. The van der Waals surface area contributed by atoms with Crippen LogP contribution < -0.4 is 10.6 Å². The van der Waals surface area contributed by atoms with Gasteiger partial charge in [-0.3, -0.25) is 10.4 Å². The molecule has 0 amide bonds. The van der Waals surface area contributed by atoms with E-state index in [1.807, 2.05) is 6.07 Å². The molecule has 2 aromatic rings. The fourth-order valence-corrected chi connectivity index (χ4v) is 1.90. The van der Waals surface area contributed by atoms with Gasteiger partial charge in [-0.15, -0.1) is 0 Å². The zero-order chi connectivity index (χ0) is 14.7. The number of hydrogen-bond acceptors (Lipinski definition) is 3. The van der Waals surface area contributed by atoms with Crippen LogP contribution in [0.15, 0.2) is 36.5 Å². The molecule has 0 aliphatic heterocycles. The smallest absolute Gasteiger partial charge is 0.150 e. The van der Waals surface area contributed by atoms with Crippen molar-refractivity contribution in [2.45, 2.75) is 6.54 Å². The van der Waals surface area contributed by atoms with Crippen LogP contribution in [0.25, 0.3) is 0 Å². The fourth-order valence-electron chi connectivity index (χ4n) is 1.90. The Bertz CT molecular complexity index is 605. The van der Waals surface area contributed by atoms with Crippen LogP contribution in [0.5, 0.6) is 0 Å². The van der Waals surface area contributed by atoms with Gasteiger partial charge in [0.25, 0.3) is 0 Å². The van der Waals surface area contributed by atoms with Crippen molar-refractivity contribution in [3.8, 4) is 0 Å². The van der Waals surface area contributed by atoms with Gasteiger partial charge in [-0.05, 0) is 24.3 Å². The molecule has 1 heterocycles. The average Bonchev–Trinajstić information content (AvgIpc) is 2.38. The summed E-state index contributed by atoms with van der Waals surface area (Å²) in [5.41, 5.74) is 5.78. The molecule has 0 spiro atoms. The Labute approximate surface area is 115 Å². The van der Waals surface area contributed by atoms with E-state index in [0.717, 1.165) is 12.1 Å². The summed E-state index contributed by atoms with van der Waals surface area (Å²) in [5.74, 6) is -1.89. The third-order valence-corrected chi connectivity index (χ3v) is 2.83. The minimum Gasteiger partial charge on any atom is -0.384 e. The fraction of sp³-hybridized carbons (Fsp3) is 0.143. The molecule has 0 atom stereocenters. The van der Waals surface area contributed by atoms with E-state index < -0.39 is 11.6 Å². The third-order valence-electron chi connectivity index (χ3n) is 2.83. The van der Waals surface area contributed by atoms with Crippen molar-refractivity contribution in [2.75, 3.05) is 11.9 Å². The first-order valence-electron chi connectivity index (χ1n) is 5.93. The molecule has 0 saturated carbocycles. The Morgan fingerprint density at radius 1 is 1.30 bits per heavy atom. The van der Waals surface area contributed by atoms with Crippen LogP contribution in [-0.2, 0) is 6.54 Å². The summed E-state index contributed by atoms with van der Waals surface area (Å²) in [7, 11) is 1.57. The normalized spacial score (nSPS) is 10.3. The number of pyridine rings is 1. The second-order valence-electron chi connectivity index (χ2n) is 4.38. The molecule has 0 bridgehead atoms. The van der Waals surface area contributed by atoms with E-state index in [4.69, 9.17) is 11.1 Å². The number of aromatic nitrogens is 1. The SMILES string of the molecule is CN(Cc1ccccn1)c1c(F)cc(C(=N)N)cc1F. The summed E-state index contributed by atoms with van der Waals surface area (Å²) in [4.78, 5) is 5.54. The lowest BCUT2D eigenvalue weighted by atomic mass is 10.1. The molecular formula is C14H14F2N4. The molecule has 6 heteroatoms. The van der Waals surface area contributed by atoms with Crippen molar-refractivity contribution in [3.63, 3.8) is 0 Å². The number of nitrogens with one attached hydrogen (secondary N) is 1. The first kappa shape index (κ1) is 13.9. The van der Waals surface area contributed by atoms with Gasteiger partial charge in [-0.1, -0.05) is 6.07 Å². The summed E-state index contributed by atoms with van der Waals surface area (Å²) in [6, 6.07) is 7.45. The van der Waals surface area contributed by atoms with E-state index >= 15 is 0 Å². The van der Waals surface area contributed by atoms with Gasteiger partial charge in [0.15, 0.2) is 0 Å². The van der Waals surface area contributed by atoms with Crippen LogP contribution >= 0.6 is 0 Å². The van der Waals surface area contributed by atoms with Crippen molar-refractivity contribution in [3.05, 3.63) is 59.4 Å². The van der Waals surface area contributed by atoms with Gasteiger partial charge in [0.1, 0.15) is 23.2 Å². The van der Waals surface area contributed by atoms with Gasteiger partial charge < -0.3 is 10.6 Å². The van der Waals surface area contributed by atoms with Crippen LogP contribution in [0.4, 0.5) is 14.5 Å². The molecule has 4 nitrogen and oxygen atoms in total. The Morgan fingerprint density at radius 3 is 2.45 bits per heavy atom. The lowest BCUT2D eigenvalue weighted by Gasteiger charge is -2.20. The molecule has 0 aliphatic carbocycles. The molecule has 0 unspecified atom stereocenters. The highest BCUT2D eigenvalue weighted by Crippen LogP contribution is 2.25. The van der Waals surface area contributed by atoms with Crippen LogP contribution in [-0.4, -0.2) is 17.9 Å². The molecule has 20 heavy (non-hydrogen) atoms. The lowest BCUT2D eigenvalue weighted by Crippen LogP contribution is -2.21. The summed E-state index contributed by atoms with van der Waals surface area (Å²) >= 11 is 0. The molecule has 2 rings (SSSR count). The van der Waals surface area contributed by atoms with E-state index in [0.29, 0.717) is 5.69 Å². The Hall–Kier alpha value is -2.50. The number of rotatable bonds is 4. The minimum atomic E-state index is -0.756. The maximum atomic E-state index is 14.0. The number of nitrogens with two attached hydrogens (primary N) is 1. The number of benzene rings is 1. The number of halogens is 2. The van der Waals surface area contributed by atoms with E-state index in [-0.39, 0.29) is 23.6 Å². The average molecular weight is 276 g/mol. The largest absolute Gasteiger partial charge is 0.384 e. The van der Waals surface area contributed by atoms with Gasteiger partial charge in [0.05, 0.1) is 12.2 Å². The van der Waals surface area contributed by atoms with Crippen molar-refractivity contribution in [1.29, 1.82) is 5.41 Å². The number of anilines is 1. The Kier molecular flexibility index (Phi) is 3.93. The predicted molar refractivity (Wildman–Crippen MR) is 73.7 cm³/mol. The van der Waals surface area contributed by atoms with Gasteiger partial charge >= 0.3 is 0 Å². The van der Waals surface area contributed by atoms with E-state index in [1.54, 1.807) is 25.4 Å². The molecule has 0 saturated heterocycles. The van der Waals surface area contributed by atoms with Gasteiger partial charge in [0, 0.05) is 18.8 Å². The maximum absolute atomic E-state index is 14.0. The van der Waals surface area contributed by atoms with Crippen LogP contribution in [0.1, 0.15) is 11.3 Å². The quantitative estimate of drug-likeness (QED) is 0.665. The second-order valence-corrected chi connectivity index (χ2v) is 4.38. The maximum Gasteiger partial charge on any atom is 0.150 e. The highest BCUT2D eigenvalue weighted by atomic mass is 19.1. The molecular weight excluding hydrogens is 262 g/mol. The Morgan fingerprint density at radius 2 is 1.95 bits per heavy atom. The molecule has 0 radical (unpaired) electrons. The highest BCUT2D eigenvalue weighted by Gasteiger charge is 2.16. The van der Waals surface area contributed by atoms with Crippen molar-refractivity contribution in [1.82, 2.24) is 4.98 Å². The predicted octanol–water partition coefficient (Wildman–Crippen LogP) is 2.28. The summed E-state index contributed by atoms with van der Waals surface area (Å²) in [5, 5.41) is 7.21. The van der Waals surface area contributed by atoms with Gasteiger partial charge in [-0.25, -0.2) is 8.78 Å². The molecule has 1 aromatic carbocycles. The molecule has 0 aliphatic rings. The lowest BCUT2D eigenvalue weighted by molar-refractivity contribution is 0.575.